The lowest BCUT2D eigenvalue weighted by Crippen LogP contribution is -2.31. The van der Waals surface area contributed by atoms with Crippen molar-refractivity contribution >= 4 is 29.3 Å². The summed E-state index contributed by atoms with van der Waals surface area (Å²) >= 11 is 0. The highest BCUT2D eigenvalue weighted by molar-refractivity contribution is 6.21. The third kappa shape index (κ3) is 4.74. The molecular formula is C23H25N3O4. The zero-order chi connectivity index (χ0) is 21.7. The van der Waals surface area contributed by atoms with Gasteiger partial charge >= 0.3 is 0 Å². The van der Waals surface area contributed by atoms with Crippen molar-refractivity contribution in [3.05, 3.63) is 65.2 Å². The first-order chi connectivity index (χ1) is 14.4. The fraction of sp³-hybridized carbons (Fsp3) is 0.304. The smallest absolute Gasteiger partial charge is 0.261 e. The van der Waals surface area contributed by atoms with Crippen molar-refractivity contribution in [3.8, 4) is 0 Å². The average Bonchev–Trinajstić information content (AvgIpc) is 2.97. The van der Waals surface area contributed by atoms with Crippen molar-refractivity contribution in [3.63, 3.8) is 0 Å². The van der Waals surface area contributed by atoms with E-state index >= 15 is 0 Å². The van der Waals surface area contributed by atoms with Crippen LogP contribution in [0.1, 0.15) is 57.8 Å². The van der Waals surface area contributed by atoms with Crippen molar-refractivity contribution in [1.82, 2.24) is 10.2 Å². The molecule has 0 saturated carbocycles. The summed E-state index contributed by atoms with van der Waals surface area (Å²) in [5.74, 6) is -0.870. The molecule has 0 radical (unpaired) electrons. The number of rotatable bonds is 8. The Labute approximate surface area is 175 Å². The minimum absolute atomic E-state index is 0.120. The number of carbonyl (C=O) groups is 4. The maximum atomic E-state index is 12.4. The van der Waals surface area contributed by atoms with E-state index in [4.69, 9.17) is 0 Å². The molecule has 1 aliphatic rings. The summed E-state index contributed by atoms with van der Waals surface area (Å²) < 4.78 is 0. The summed E-state index contributed by atoms with van der Waals surface area (Å²) in [7, 11) is 0. The molecule has 0 fully saturated rings. The molecule has 2 N–H and O–H groups in total. The molecule has 156 valence electrons. The predicted molar refractivity (Wildman–Crippen MR) is 113 cm³/mol. The lowest BCUT2D eigenvalue weighted by atomic mass is 10.1. The van der Waals surface area contributed by atoms with Gasteiger partial charge in [0.05, 0.1) is 22.4 Å². The Balaban J connectivity index is 1.54. The lowest BCUT2D eigenvalue weighted by molar-refractivity contribution is -0.116. The first-order valence-corrected chi connectivity index (χ1v) is 10.0. The Morgan fingerprint density at radius 2 is 1.53 bits per heavy atom. The summed E-state index contributed by atoms with van der Waals surface area (Å²) in [6.45, 7) is 4.71. The Morgan fingerprint density at radius 1 is 0.933 bits per heavy atom. The van der Waals surface area contributed by atoms with Gasteiger partial charge in [0.25, 0.3) is 17.7 Å². The molecule has 0 aromatic heterocycles. The molecule has 1 aliphatic heterocycles. The van der Waals surface area contributed by atoms with Crippen molar-refractivity contribution < 1.29 is 19.2 Å². The number of benzene rings is 2. The normalized spacial score (nSPS) is 12.8. The first kappa shape index (κ1) is 21.2. The molecular weight excluding hydrogens is 382 g/mol. The zero-order valence-corrected chi connectivity index (χ0v) is 17.1. The van der Waals surface area contributed by atoms with Gasteiger partial charge in [-0.1, -0.05) is 38.1 Å². The quantitative estimate of drug-likeness (QED) is 0.658. The molecule has 7 nitrogen and oxygen atoms in total. The standard InChI is InChI=1S/C23H25N3O4/c1-15(2)14-24-21(28)18-10-5-6-11-19(18)25-20(27)12-7-13-26-22(29)16-8-3-4-9-17(16)23(26)30/h3-6,8-11,15H,7,12-14H2,1-2H3,(H,24,28)(H,25,27). The van der Waals surface area contributed by atoms with E-state index in [0.29, 0.717) is 41.3 Å². The first-order valence-electron chi connectivity index (χ1n) is 10.0. The van der Waals surface area contributed by atoms with Crippen LogP contribution >= 0.6 is 0 Å². The number of imide groups is 1. The number of hydrogen-bond acceptors (Lipinski definition) is 4. The Bertz CT molecular complexity index is 949. The Hall–Kier alpha value is -3.48. The van der Waals surface area contributed by atoms with Gasteiger partial charge in [0.15, 0.2) is 0 Å². The fourth-order valence-electron chi connectivity index (χ4n) is 3.23. The Kier molecular flexibility index (Phi) is 6.61. The van der Waals surface area contributed by atoms with Crippen LogP contribution in [0.4, 0.5) is 5.69 Å². The topological polar surface area (TPSA) is 95.6 Å². The van der Waals surface area contributed by atoms with Gasteiger partial charge in [-0.2, -0.15) is 0 Å². The second kappa shape index (κ2) is 9.35. The number of fused-ring (bicyclic) bond motifs is 1. The van der Waals surface area contributed by atoms with Gasteiger partial charge < -0.3 is 10.6 Å². The van der Waals surface area contributed by atoms with E-state index in [9.17, 15) is 19.2 Å². The van der Waals surface area contributed by atoms with Crippen molar-refractivity contribution in [2.24, 2.45) is 5.92 Å². The van der Waals surface area contributed by atoms with Gasteiger partial charge in [0.2, 0.25) is 5.91 Å². The fourth-order valence-corrected chi connectivity index (χ4v) is 3.23. The summed E-state index contributed by atoms with van der Waals surface area (Å²) in [4.78, 5) is 50.7. The summed E-state index contributed by atoms with van der Waals surface area (Å²) in [5.41, 5.74) is 1.62. The average molecular weight is 407 g/mol. The molecule has 4 amide bonds. The van der Waals surface area contributed by atoms with E-state index in [-0.39, 0.29) is 36.6 Å². The monoisotopic (exact) mass is 407 g/mol. The van der Waals surface area contributed by atoms with Crippen LogP contribution in [0.2, 0.25) is 0 Å². The van der Waals surface area contributed by atoms with Gasteiger partial charge in [-0.3, -0.25) is 24.1 Å². The van der Waals surface area contributed by atoms with Crippen LogP contribution in [0.3, 0.4) is 0 Å². The van der Waals surface area contributed by atoms with Crippen LogP contribution in [0.15, 0.2) is 48.5 Å². The molecule has 7 heteroatoms. The number of para-hydroxylation sites is 1. The molecule has 0 bridgehead atoms. The lowest BCUT2D eigenvalue weighted by Gasteiger charge is -2.14. The molecule has 1 heterocycles. The predicted octanol–water partition coefficient (Wildman–Crippen LogP) is 3.09. The zero-order valence-electron chi connectivity index (χ0n) is 17.1. The highest BCUT2D eigenvalue weighted by Gasteiger charge is 2.34. The van der Waals surface area contributed by atoms with Crippen molar-refractivity contribution in [2.75, 3.05) is 18.4 Å². The van der Waals surface area contributed by atoms with Crippen LogP contribution in [0.5, 0.6) is 0 Å². The van der Waals surface area contributed by atoms with E-state index in [0.717, 1.165) is 0 Å². The summed E-state index contributed by atoms with van der Waals surface area (Å²) in [6, 6.07) is 13.5. The number of anilines is 1. The van der Waals surface area contributed by atoms with E-state index in [1.54, 1.807) is 48.5 Å². The van der Waals surface area contributed by atoms with Crippen LogP contribution in [-0.2, 0) is 4.79 Å². The maximum Gasteiger partial charge on any atom is 0.261 e. The van der Waals surface area contributed by atoms with Crippen LogP contribution in [0.25, 0.3) is 0 Å². The summed E-state index contributed by atoms with van der Waals surface area (Å²) in [5, 5.41) is 5.59. The molecule has 0 spiro atoms. The molecule has 3 rings (SSSR count). The molecule has 0 unspecified atom stereocenters. The number of carbonyl (C=O) groups excluding carboxylic acids is 4. The summed E-state index contributed by atoms with van der Waals surface area (Å²) in [6.07, 6.45) is 0.453. The molecule has 0 saturated heterocycles. The third-order valence-corrected chi connectivity index (χ3v) is 4.78. The van der Waals surface area contributed by atoms with Crippen molar-refractivity contribution in [2.45, 2.75) is 26.7 Å². The SMILES string of the molecule is CC(C)CNC(=O)c1ccccc1NC(=O)CCCN1C(=O)c2ccccc2C1=O. The molecule has 2 aromatic rings. The maximum absolute atomic E-state index is 12.4. The number of nitrogens with one attached hydrogen (secondary N) is 2. The van der Waals surface area contributed by atoms with Crippen LogP contribution in [0, 0.1) is 5.92 Å². The Morgan fingerprint density at radius 3 is 2.17 bits per heavy atom. The van der Waals surface area contributed by atoms with Crippen LogP contribution < -0.4 is 10.6 Å². The van der Waals surface area contributed by atoms with Gasteiger partial charge in [-0.05, 0) is 36.6 Å². The molecule has 0 aliphatic carbocycles. The minimum atomic E-state index is -0.330. The van der Waals surface area contributed by atoms with Gasteiger partial charge in [0.1, 0.15) is 0 Å². The van der Waals surface area contributed by atoms with Gasteiger partial charge in [0, 0.05) is 19.5 Å². The van der Waals surface area contributed by atoms with E-state index in [1.807, 2.05) is 13.8 Å². The minimum Gasteiger partial charge on any atom is -0.352 e. The number of amides is 4. The highest BCUT2D eigenvalue weighted by Crippen LogP contribution is 2.23. The third-order valence-electron chi connectivity index (χ3n) is 4.78. The number of nitrogens with zero attached hydrogens (tertiary/aromatic N) is 1. The molecule has 30 heavy (non-hydrogen) atoms. The van der Waals surface area contributed by atoms with E-state index < -0.39 is 0 Å². The second-order valence-electron chi connectivity index (χ2n) is 7.61. The van der Waals surface area contributed by atoms with Crippen LogP contribution in [-0.4, -0.2) is 41.6 Å². The molecule has 0 atom stereocenters. The highest BCUT2D eigenvalue weighted by atomic mass is 16.2. The molecule has 2 aromatic carbocycles. The number of hydrogen-bond donors (Lipinski definition) is 2. The largest absolute Gasteiger partial charge is 0.352 e. The van der Waals surface area contributed by atoms with E-state index in [2.05, 4.69) is 10.6 Å². The van der Waals surface area contributed by atoms with Crippen molar-refractivity contribution in [1.29, 1.82) is 0 Å². The van der Waals surface area contributed by atoms with Gasteiger partial charge in [-0.15, -0.1) is 0 Å². The second-order valence-corrected chi connectivity index (χ2v) is 7.61. The van der Waals surface area contributed by atoms with Gasteiger partial charge in [-0.25, -0.2) is 0 Å². The van der Waals surface area contributed by atoms with E-state index in [1.165, 1.54) is 4.90 Å².